The number of carbonyl (C=O) groups is 2. The van der Waals surface area contributed by atoms with Crippen LogP contribution in [0.4, 0.5) is 11.4 Å². The highest BCUT2D eigenvalue weighted by molar-refractivity contribution is 8.01. The van der Waals surface area contributed by atoms with Crippen LogP contribution in [-0.2, 0) is 9.59 Å². The minimum Gasteiger partial charge on any atom is -0.497 e. The minimum absolute atomic E-state index is 0.0355. The van der Waals surface area contributed by atoms with Gasteiger partial charge in [0.25, 0.3) is 0 Å². The third kappa shape index (κ3) is 4.05. The number of carbonyl (C=O) groups excluding carboxylic acids is 2. The Bertz CT molecular complexity index is 859. The SMILES string of the molecule is COc1ccc(NC(=O)C[C@@H]2Sc3ccc(Cl)cc3NC2=O)c(OC)c1. The fourth-order valence-electron chi connectivity index (χ4n) is 2.53. The first-order valence-electron chi connectivity index (χ1n) is 7.79. The van der Waals surface area contributed by atoms with Gasteiger partial charge in [-0.05, 0) is 30.3 Å². The summed E-state index contributed by atoms with van der Waals surface area (Å²) in [6, 6.07) is 10.4. The maximum Gasteiger partial charge on any atom is 0.238 e. The Hall–Kier alpha value is -2.38. The third-order valence-electron chi connectivity index (χ3n) is 3.81. The molecule has 0 unspecified atom stereocenters. The van der Waals surface area contributed by atoms with E-state index in [1.807, 2.05) is 6.07 Å². The normalized spacial score (nSPS) is 15.7. The van der Waals surface area contributed by atoms with Gasteiger partial charge in [0.2, 0.25) is 11.8 Å². The van der Waals surface area contributed by atoms with Gasteiger partial charge in [-0.1, -0.05) is 11.6 Å². The van der Waals surface area contributed by atoms with Crippen molar-refractivity contribution in [3.05, 3.63) is 41.4 Å². The van der Waals surface area contributed by atoms with Crippen LogP contribution in [0.25, 0.3) is 0 Å². The predicted octanol–water partition coefficient (Wildman–Crippen LogP) is 3.80. The van der Waals surface area contributed by atoms with E-state index in [2.05, 4.69) is 10.6 Å². The van der Waals surface area contributed by atoms with Gasteiger partial charge in [0, 0.05) is 22.4 Å². The summed E-state index contributed by atoms with van der Waals surface area (Å²) < 4.78 is 10.4. The van der Waals surface area contributed by atoms with Crippen molar-refractivity contribution in [3.63, 3.8) is 0 Å². The molecule has 6 nitrogen and oxygen atoms in total. The zero-order valence-corrected chi connectivity index (χ0v) is 15.7. The molecule has 2 aromatic rings. The lowest BCUT2D eigenvalue weighted by atomic mass is 10.2. The van der Waals surface area contributed by atoms with Crippen molar-refractivity contribution in [2.24, 2.45) is 0 Å². The molecule has 3 rings (SSSR count). The molecule has 1 aliphatic heterocycles. The van der Waals surface area contributed by atoms with E-state index in [0.29, 0.717) is 27.9 Å². The van der Waals surface area contributed by atoms with E-state index in [0.717, 1.165) is 4.90 Å². The first-order chi connectivity index (χ1) is 12.5. The molecule has 26 heavy (non-hydrogen) atoms. The van der Waals surface area contributed by atoms with Crippen molar-refractivity contribution < 1.29 is 19.1 Å². The predicted molar refractivity (Wildman–Crippen MR) is 103 cm³/mol. The lowest BCUT2D eigenvalue weighted by molar-refractivity contribution is -0.120. The number of anilines is 2. The van der Waals surface area contributed by atoms with E-state index in [-0.39, 0.29) is 18.2 Å². The van der Waals surface area contributed by atoms with Crippen LogP contribution >= 0.6 is 23.4 Å². The maximum absolute atomic E-state index is 12.4. The number of hydrogen-bond acceptors (Lipinski definition) is 5. The number of fused-ring (bicyclic) bond motifs is 1. The first-order valence-corrected chi connectivity index (χ1v) is 9.05. The van der Waals surface area contributed by atoms with Crippen molar-refractivity contribution in [1.29, 1.82) is 0 Å². The summed E-state index contributed by atoms with van der Waals surface area (Å²) in [5.41, 5.74) is 1.19. The standard InChI is InChI=1S/C18H17ClN2O4S/c1-24-11-4-5-12(14(8-11)25-2)20-17(22)9-16-18(23)21-13-7-10(19)3-6-15(13)26-16/h3-8,16H,9H2,1-2H3,(H,20,22)(H,21,23)/t16-/m0/s1. The van der Waals surface area contributed by atoms with E-state index in [1.165, 1.54) is 18.9 Å². The van der Waals surface area contributed by atoms with Crippen molar-refractivity contribution in [2.45, 2.75) is 16.6 Å². The number of hydrogen-bond donors (Lipinski definition) is 2. The van der Waals surface area contributed by atoms with Crippen molar-refractivity contribution >= 4 is 46.6 Å². The number of ether oxygens (including phenoxy) is 2. The maximum atomic E-state index is 12.4. The second-order valence-corrected chi connectivity index (χ2v) is 7.24. The highest BCUT2D eigenvalue weighted by Gasteiger charge is 2.29. The molecule has 8 heteroatoms. The quantitative estimate of drug-likeness (QED) is 0.809. The van der Waals surface area contributed by atoms with Gasteiger partial charge in [-0.25, -0.2) is 0 Å². The summed E-state index contributed by atoms with van der Waals surface area (Å²) in [4.78, 5) is 25.6. The third-order valence-corrected chi connectivity index (χ3v) is 5.32. The molecular formula is C18H17ClN2O4S. The van der Waals surface area contributed by atoms with Crippen LogP contribution in [0.1, 0.15) is 6.42 Å². The van der Waals surface area contributed by atoms with Crippen LogP contribution in [0, 0.1) is 0 Å². The minimum atomic E-state index is -0.520. The Kier molecular flexibility index (Phi) is 5.58. The molecule has 2 N–H and O–H groups in total. The van der Waals surface area contributed by atoms with Gasteiger partial charge in [0.1, 0.15) is 11.5 Å². The Balaban J connectivity index is 1.69. The fraction of sp³-hybridized carbons (Fsp3) is 0.222. The number of halogens is 1. The monoisotopic (exact) mass is 392 g/mol. The van der Waals surface area contributed by atoms with Crippen LogP contribution in [-0.4, -0.2) is 31.3 Å². The lowest BCUT2D eigenvalue weighted by Crippen LogP contribution is -2.32. The summed E-state index contributed by atoms with van der Waals surface area (Å²) >= 11 is 7.29. The van der Waals surface area contributed by atoms with Gasteiger partial charge < -0.3 is 20.1 Å². The zero-order valence-electron chi connectivity index (χ0n) is 14.2. The molecule has 1 heterocycles. The van der Waals surface area contributed by atoms with Gasteiger partial charge in [0.15, 0.2) is 0 Å². The number of thioether (sulfide) groups is 1. The van der Waals surface area contributed by atoms with E-state index in [1.54, 1.807) is 37.4 Å². The van der Waals surface area contributed by atoms with E-state index in [9.17, 15) is 9.59 Å². The molecule has 0 saturated carbocycles. The van der Waals surface area contributed by atoms with Crippen molar-refractivity contribution in [3.8, 4) is 11.5 Å². The molecule has 2 amide bonds. The fourth-order valence-corrected chi connectivity index (χ4v) is 3.79. The zero-order chi connectivity index (χ0) is 18.7. The molecule has 0 fully saturated rings. The molecule has 0 aliphatic carbocycles. The lowest BCUT2D eigenvalue weighted by Gasteiger charge is -2.24. The second-order valence-electron chi connectivity index (χ2n) is 5.55. The number of nitrogens with one attached hydrogen (secondary N) is 2. The average molecular weight is 393 g/mol. The molecule has 2 aromatic carbocycles. The molecule has 1 atom stereocenters. The van der Waals surface area contributed by atoms with Gasteiger partial charge in [0.05, 0.1) is 30.8 Å². The molecule has 0 bridgehead atoms. The second kappa shape index (κ2) is 7.88. The van der Waals surface area contributed by atoms with Gasteiger partial charge in [-0.15, -0.1) is 11.8 Å². The molecule has 0 spiro atoms. The van der Waals surface area contributed by atoms with E-state index in [4.69, 9.17) is 21.1 Å². The van der Waals surface area contributed by atoms with Gasteiger partial charge in [-0.2, -0.15) is 0 Å². The first kappa shape index (κ1) is 18.4. The molecule has 136 valence electrons. The summed E-state index contributed by atoms with van der Waals surface area (Å²) in [5, 5.41) is 5.60. The summed E-state index contributed by atoms with van der Waals surface area (Å²) in [6.45, 7) is 0. The summed E-state index contributed by atoms with van der Waals surface area (Å²) in [6.07, 6.45) is 0.0355. The molecule has 1 aliphatic rings. The van der Waals surface area contributed by atoms with Crippen LogP contribution in [0.3, 0.4) is 0 Å². The average Bonchev–Trinajstić information content (AvgIpc) is 2.62. The highest BCUT2D eigenvalue weighted by Crippen LogP contribution is 2.38. The van der Waals surface area contributed by atoms with Crippen LogP contribution in [0.2, 0.25) is 5.02 Å². The largest absolute Gasteiger partial charge is 0.497 e. The van der Waals surface area contributed by atoms with E-state index >= 15 is 0 Å². The number of rotatable bonds is 5. The number of amides is 2. The van der Waals surface area contributed by atoms with Crippen molar-refractivity contribution in [2.75, 3.05) is 24.9 Å². The summed E-state index contributed by atoms with van der Waals surface area (Å²) in [5.74, 6) is 0.607. The molecular weight excluding hydrogens is 376 g/mol. The molecule has 0 radical (unpaired) electrons. The highest BCUT2D eigenvalue weighted by atomic mass is 35.5. The van der Waals surface area contributed by atoms with Crippen LogP contribution in [0.15, 0.2) is 41.3 Å². The summed E-state index contributed by atoms with van der Waals surface area (Å²) in [7, 11) is 3.06. The molecule has 0 saturated heterocycles. The molecule has 0 aromatic heterocycles. The van der Waals surface area contributed by atoms with Crippen LogP contribution in [0.5, 0.6) is 11.5 Å². The number of methoxy groups -OCH3 is 2. The Morgan fingerprint density at radius 1 is 1.23 bits per heavy atom. The Labute approximate surface area is 160 Å². The van der Waals surface area contributed by atoms with Gasteiger partial charge >= 0.3 is 0 Å². The smallest absolute Gasteiger partial charge is 0.238 e. The Morgan fingerprint density at radius 2 is 2.04 bits per heavy atom. The van der Waals surface area contributed by atoms with Crippen molar-refractivity contribution in [1.82, 2.24) is 0 Å². The number of benzene rings is 2. The van der Waals surface area contributed by atoms with Crippen LogP contribution < -0.4 is 20.1 Å². The van der Waals surface area contributed by atoms with Gasteiger partial charge in [-0.3, -0.25) is 9.59 Å². The Morgan fingerprint density at radius 3 is 2.77 bits per heavy atom. The van der Waals surface area contributed by atoms with E-state index < -0.39 is 5.25 Å². The topological polar surface area (TPSA) is 76.7 Å².